The Morgan fingerprint density at radius 2 is 2.20 bits per heavy atom. The molecule has 0 unspecified atom stereocenters. The first-order valence-corrected chi connectivity index (χ1v) is 7.01. The van der Waals surface area contributed by atoms with Crippen molar-refractivity contribution in [3.05, 3.63) is 29.3 Å². The number of guanidine groups is 1. The van der Waals surface area contributed by atoms with Crippen LogP contribution in [-0.4, -0.2) is 32.2 Å². The molecule has 0 saturated carbocycles. The third kappa shape index (κ3) is 4.69. The smallest absolute Gasteiger partial charge is 0.294 e. The zero-order chi connectivity index (χ0) is 13.7. The summed E-state index contributed by atoms with van der Waals surface area (Å²) >= 11 is 0. The van der Waals surface area contributed by atoms with Crippen molar-refractivity contribution < 1.29 is 22.5 Å². The summed E-state index contributed by atoms with van der Waals surface area (Å²) in [5, 5.41) is 5.42. The van der Waals surface area contributed by atoms with Gasteiger partial charge in [0.1, 0.15) is 18.9 Å². The van der Waals surface area contributed by atoms with Crippen LogP contribution in [0.2, 0.25) is 0 Å². The quantitative estimate of drug-likeness (QED) is 0.619. The van der Waals surface area contributed by atoms with Crippen LogP contribution >= 0.6 is 0 Å². The number of halogens is 1. The number of aryl methyl sites for hydroxylation is 1. The average molecular weight is 298 g/mol. The van der Waals surface area contributed by atoms with Gasteiger partial charge in [-0.2, -0.15) is 0 Å². The zero-order valence-electron chi connectivity index (χ0n) is 12.4. The van der Waals surface area contributed by atoms with E-state index in [0.717, 1.165) is 31.3 Å². The van der Waals surface area contributed by atoms with Gasteiger partial charge in [-0.1, -0.05) is 26.0 Å². The molecular weight excluding hydrogens is 274 g/mol. The fourth-order valence-corrected chi connectivity index (χ4v) is 2.16. The van der Waals surface area contributed by atoms with Gasteiger partial charge in [-0.3, -0.25) is 5.32 Å². The molecule has 1 heterocycles. The van der Waals surface area contributed by atoms with E-state index in [4.69, 9.17) is 4.74 Å². The topological polar surface area (TPSA) is 50.2 Å². The van der Waals surface area contributed by atoms with Crippen LogP contribution in [0.1, 0.15) is 30.9 Å². The molecule has 5 heteroatoms. The first-order valence-electron chi connectivity index (χ1n) is 7.01. The van der Waals surface area contributed by atoms with Gasteiger partial charge >= 0.3 is 0 Å². The van der Waals surface area contributed by atoms with Crippen LogP contribution < -0.4 is 27.8 Å². The first-order chi connectivity index (χ1) is 9.16. The van der Waals surface area contributed by atoms with E-state index in [1.54, 1.807) is 0 Å². The average Bonchev–Trinajstić information content (AvgIpc) is 2.87. The zero-order valence-corrected chi connectivity index (χ0v) is 13.2. The number of benzene rings is 1. The number of nitrogens with zero attached hydrogens (tertiary/aromatic N) is 1. The second kappa shape index (κ2) is 8.12. The van der Waals surface area contributed by atoms with Crippen molar-refractivity contribution in [2.75, 3.05) is 26.2 Å². The molecule has 0 saturated heterocycles. The molecular formula is C15H24ClN3O. The molecule has 4 nitrogen and oxygen atoms in total. The standard InChI is InChI=1S/C15H23N3O.ClH/c1-11(2)13-5-4-12(3)10-14(13)19-9-8-18-15-16-6-7-17-15;/h4-5,10-11H,6-9H2,1-3H3,(H2,16,17,18);1H. The van der Waals surface area contributed by atoms with Crippen LogP contribution in [0.25, 0.3) is 0 Å². The molecule has 3 N–H and O–H groups in total. The number of nitrogens with two attached hydrogens (primary N) is 1. The lowest BCUT2D eigenvalue weighted by Gasteiger charge is -2.15. The van der Waals surface area contributed by atoms with Gasteiger partial charge in [0.25, 0.3) is 5.96 Å². The van der Waals surface area contributed by atoms with Crippen LogP contribution in [0.3, 0.4) is 0 Å². The monoisotopic (exact) mass is 297 g/mol. The lowest BCUT2D eigenvalue weighted by atomic mass is 10.0. The van der Waals surface area contributed by atoms with Crippen molar-refractivity contribution in [2.45, 2.75) is 26.7 Å². The molecule has 1 aliphatic rings. The predicted octanol–water partition coefficient (Wildman–Crippen LogP) is -1.98. The van der Waals surface area contributed by atoms with Crippen LogP contribution in [-0.2, 0) is 0 Å². The Bertz CT molecular complexity index is 460. The molecule has 0 bridgehead atoms. The highest BCUT2D eigenvalue weighted by Crippen LogP contribution is 2.27. The van der Waals surface area contributed by atoms with Crippen LogP contribution in [0.4, 0.5) is 0 Å². The number of aliphatic imine (C=N–C) groups is 1. The van der Waals surface area contributed by atoms with Gasteiger partial charge in [0.05, 0.1) is 13.1 Å². The number of hydrogen-bond donors (Lipinski definition) is 2. The molecule has 112 valence electrons. The molecule has 2 rings (SSSR count). The van der Waals surface area contributed by atoms with Crippen molar-refractivity contribution in [3.63, 3.8) is 0 Å². The Morgan fingerprint density at radius 1 is 1.40 bits per heavy atom. The van der Waals surface area contributed by atoms with Gasteiger partial charge in [-0.05, 0) is 30.0 Å². The minimum atomic E-state index is 0. The van der Waals surface area contributed by atoms with Gasteiger partial charge in [-0.15, -0.1) is 0 Å². The van der Waals surface area contributed by atoms with Gasteiger partial charge in [0, 0.05) is 0 Å². The number of hydrogen-bond acceptors (Lipinski definition) is 3. The number of ether oxygens (including phenoxy) is 1. The van der Waals surface area contributed by atoms with Crippen molar-refractivity contribution in [1.29, 1.82) is 0 Å². The summed E-state index contributed by atoms with van der Waals surface area (Å²) in [5.74, 6) is 2.50. The fourth-order valence-electron chi connectivity index (χ4n) is 2.16. The summed E-state index contributed by atoms with van der Waals surface area (Å²) in [4.78, 5) is 4.33. The molecule has 0 radical (unpaired) electrons. The summed E-state index contributed by atoms with van der Waals surface area (Å²) in [5.41, 5.74) is 2.51. The van der Waals surface area contributed by atoms with E-state index in [-0.39, 0.29) is 12.4 Å². The van der Waals surface area contributed by atoms with Crippen LogP contribution in [0.5, 0.6) is 5.75 Å². The van der Waals surface area contributed by atoms with E-state index in [0.29, 0.717) is 12.5 Å². The van der Waals surface area contributed by atoms with E-state index in [1.807, 2.05) is 0 Å². The Morgan fingerprint density at radius 3 is 2.85 bits per heavy atom. The summed E-state index contributed by atoms with van der Waals surface area (Å²) in [6.45, 7) is 9.90. The normalized spacial score (nSPS) is 13.9. The molecule has 20 heavy (non-hydrogen) atoms. The Balaban J connectivity index is 0.00000200. The Hall–Kier alpha value is -1.26. The van der Waals surface area contributed by atoms with Gasteiger partial charge in [0.15, 0.2) is 0 Å². The predicted molar refractivity (Wildman–Crippen MR) is 77.9 cm³/mol. The summed E-state index contributed by atoms with van der Waals surface area (Å²) in [6.07, 6.45) is 0. The second-order valence-corrected chi connectivity index (χ2v) is 5.23. The minimum absolute atomic E-state index is 0. The van der Waals surface area contributed by atoms with Crippen molar-refractivity contribution in [1.82, 2.24) is 5.32 Å². The third-order valence-corrected chi connectivity index (χ3v) is 3.21. The fraction of sp³-hybridized carbons (Fsp3) is 0.533. The molecule has 0 spiro atoms. The van der Waals surface area contributed by atoms with E-state index >= 15 is 0 Å². The lowest BCUT2D eigenvalue weighted by molar-refractivity contribution is -0.531. The second-order valence-electron chi connectivity index (χ2n) is 5.23. The molecule has 0 fully saturated rings. The molecule has 1 aliphatic heterocycles. The molecule has 0 atom stereocenters. The highest BCUT2D eigenvalue weighted by atomic mass is 35.5. The highest BCUT2D eigenvalue weighted by Gasteiger charge is 2.10. The van der Waals surface area contributed by atoms with E-state index in [2.05, 4.69) is 54.6 Å². The molecule has 0 aromatic heterocycles. The highest BCUT2D eigenvalue weighted by molar-refractivity contribution is 5.70. The largest absolute Gasteiger partial charge is 1.00 e. The van der Waals surface area contributed by atoms with E-state index < -0.39 is 0 Å². The molecule has 1 aromatic carbocycles. The van der Waals surface area contributed by atoms with Crippen molar-refractivity contribution >= 4 is 5.96 Å². The van der Waals surface area contributed by atoms with E-state index in [1.165, 1.54) is 11.1 Å². The maximum absolute atomic E-state index is 5.91. The minimum Gasteiger partial charge on any atom is -1.00 e. The third-order valence-electron chi connectivity index (χ3n) is 3.21. The van der Waals surface area contributed by atoms with Crippen molar-refractivity contribution in [2.24, 2.45) is 4.99 Å². The first kappa shape index (κ1) is 16.8. The lowest BCUT2D eigenvalue weighted by Crippen LogP contribution is -3.00. The molecule has 0 aliphatic carbocycles. The van der Waals surface area contributed by atoms with Gasteiger partial charge in [0.2, 0.25) is 0 Å². The molecule has 0 amide bonds. The van der Waals surface area contributed by atoms with Crippen molar-refractivity contribution in [3.8, 4) is 5.75 Å². The van der Waals surface area contributed by atoms with Gasteiger partial charge in [-0.25, -0.2) is 4.99 Å². The summed E-state index contributed by atoms with van der Waals surface area (Å²) in [6, 6.07) is 6.43. The number of quaternary nitrogens is 1. The number of rotatable bonds is 5. The Kier molecular flexibility index (Phi) is 6.82. The Labute approximate surface area is 127 Å². The van der Waals surface area contributed by atoms with Crippen LogP contribution in [0.15, 0.2) is 23.2 Å². The summed E-state index contributed by atoms with van der Waals surface area (Å²) < 4.78 is 5.91. The van der Waals surface area contributed by atoms with E-state index in [9.17, 15) is 0 Å². The maximum atomic E-state index is 5.91. The van der Waals surface area contributed by atoms with Gasteiger partial charge < -0.3 is 22.5 Å². The number of nitrogens with one attached hydrogen (secondary N) is 1. The van der Waals surface area contributed by atoms with Crippen LogP contribution in [0, 0.1) is 6.92 Å². The molecule has 1 aromatic rings. The summed E-state index contributed by atoms with van der Waals surface area (Å²) in [7, 11) is 0. The maximum Gasteiger partial charge on any atom is 0.294 e. The SMILES string of the molecule is Cc1ccc(C(C)C)c(OCCNC2=NCC[NH2+]2)c1.[Cl-].